The van der Waals surface area contributed by atoms with E-state index in [0.29, 0.717) is 13.0 Å². The molecule has 0 aliphatic carbocycles. The number of aliphatic hydroxyl groups is 1. The Kier molecular flexibility index (Phi) is 6.85. The Bertz CT molecular complexity index is 710. The van der Waals surface area contributed by atoms with Crippen LogP contribution < -0.4 is 9.64 Å². The number of hydrogen-bond donors (Lipinski definition) is 1. The molecule has 1 heterocycles. The van der Waals surface area contributed by atoms with Crippen LogP contribution >= 0.6 is 0 Å². The third kappa shape index (κ3) is 5.81. The number of nitrogens with zero attached hydrogens (tertiary/aromatic N) is 2. The first-order chi connectivity index (χ1) is 13.1. The molecule has 0 spiro atoms. The Hall–Kier alpha value is -2.37. The summed E-state index contributed by atoms with van der Waals surface area (Å²) >= 11 is 0. The van der Waals surface area contributed by atoms with Crippen LogP contribution in [0, 0.1) is 0 Å². The molecule has 1 unspecified atom stereocenters. The van der Waals surface area contributed by atoms with Gasteiger partial charge < -0.3 is 14.7 Å². The maximum absolute atomic E-state index is 11.4. The molecule has 0 saturated carbocycles. The third-order valence-electron chi connectivity index (χ3n) is 4.98. The van der Waals surface area contributed by atoms with E-state index in [1.54, 1.807) is 6.92 Å². The normalized spacial score (nSPS) is 16.1. The van der Waals surface area contributed by atoms with E-state index in [1.807, 2.05) is 54.6 Å². The second kappa shape index (κ2) is 9.53. The van der Waals surface area contributed by atoms with Gasteiger partial charge in [0.25, 0.3) is 0 Å². The highest BCUT2D eigenvalue weighted by atomic mass is 16.5. The molecule has 0 aromatic heterocycles. The van der Waals surface area contributed by atoms with Gasteiger partial charge in [-0.15, -0.1) is 0 Å². The van der Waals surface area contributed by atoms with E-state index in [4.69, 9.17) is 4.74 Å². The molecule has 144 valence electrons. The lowest BCUT2D eigenvalue weighted by atomic mass is 10.1. The second-order valence-electron chi connectivity index (χ2n) is 7.00. The van der Waals surface area contributed by atoms with Crippen molar-refractivity contribution in [3.05, 3.63) is 60.2 Å². The lowest BCUT2D eigenvalue weighted by Gasteiger charge is -2.36. The van der Waals surface area contributed by atoms with Gasteiger partial charge in [-0.25, -0.2) is 0 Å². The number of hydrogen-bond acceptors (Lipinski definition) is 5. The summed E-state index contributed by atoms with van der Waals surface area (Å²) in [6.07, 6.45) is 0.252. The molecule has 2 aromatic carbocycles. The highest BCUT2D eigenvalue weighted by Gasteiger charge is 2.18. The summed E-state index contributed by atoms with van der Waals surface area (Å²) in [7, 11) is 0. The average Bonchev–Trinajstić information content (AvgIpc) is 2.72. The standard InChI is InChI=1S/C22H28N2O3/c1-18(25)19-7-9-20(10-8-19)24-15-13-23(14-16-24)12-11-21(26)17-27-22-5-3-2-4-6-22/h2-10,21,26H,11-17H2,1H3. The number of aliphatic hydroxyl groups excluding tert-OH is 1. The summed E-state index contributed by atoms with van der Waals surface area (Å²) < 4.78 is 5.61. The molecule has 5 heteroatoms. The molecule has 3 rings (SSSR count). The molecule has 1 atom stereocenters. The van der Waals surface area contributed by atoms with Crippen LogP contribution in [0.5, 0.6) is 5.75 Å². The summed E-state index contributed by atoms with van der Waals surface area (Å²) in [5.41, 5.74) is 1.92. The number of para-hydroxylation sites is 1. The maximum atomic E-state index is 11.4. The first-order valence-electron chi connectivity index (χ1n) is 9.56. The van der Waals surface area contributed by atoms with E-state index < -0.39 is 6.10 Å². The summed E-state index contributed by atoms with van der Waals surface area (Å²) in [5, 5.41) is 10.2. The lowest BCUT2D eigenvalue weighted by molar-refractivity contribution is 0.0866. The Morgan fingerprint density at radius 1 is 1.04 bits per heavy atom. The van der Waals surface area contributed by atoms with Crippen LogP contribution in [-0.4, -0.2) is 61.2 Å². The van der Waals surface area contributed by atoms with Crippen molar-refractivity contribution >= 4 is 11.5 Å². The van der Waals surface area contributed by atoms with Crippen LogP contribution in [0.15, 0.2) is 54.6 Å². The van der Waals surface area contributed by atoms with Gasteiger partial charge in [0, 0.05) is 44.0 Å². The molecule has 2 aromatic rings. The molecule has 27 heavy (non-hydrogen) atoms. The number of piperazine rings is 1. The fourth-order valence-corrected chi connectivity index (χ4v) is 3.26. The minimum Gasteiger partial charge on any atom is -0.491 e. The van der Waals surface area contributed by atoms with Gasteiger partial charge in [-0.1, -0.05) is 18.2 Å². The SMILES string of the molecule is CC(=O)c1ccc(N2CCN(CCC(O)COc3ccccc3)CC2)cc1. The molecule has 1 N–H and O–H groups in total. The Morgan fingerprint density at radius 2 is 1.70 bits per heavy atom. The zero-order valence-corrected chi connectivity index (χ0v) is 15.9. The van der Waals surface area contributed by atoms with E-state index in [0.717, 1.165) is 49.7 Å². The van der Waals surface area contributed by atoms with Crippen LogP contribution in [0.1, 0.15) is 23.7 Å². The Balaban J connectivity index is 1.37. The molecule has 5 nitrogen and oxygen atoms in total. The number of anilines is 1. The Morgan fingerprint density at radius 3 is 2.33 bits per heavy atom. The summed E-state index contributed by atoms with van der Waals surface area (Å²) in [5.74, 6) is 0.891. The average molecular weight is 368 g/mol. The van der Waals surface area contributed by atoms with Crippen molar-refractivity contribution in [2.75, 3.05) is 44.2 Å². The van der Waals surface area contributed by atoms with Crippen LogP contribution in [0.2, 0.25) is 0 Å². The molecule has 0 radical (unpaired) electrons. The number of benzene rings is 2. The van der Waals surface area contributed by atoms with Gasteiger partial charge in [0.1, 0.15) is 12.4 Å². The van der Waals surface area contributed by atoms with Gasteiger partial charge in [-0.05, 0) is 49.7 Å². The van der Waals surface area contributed by atoms with E-state index in [2.05, 4.69) is 9.80 Å². The molecular weight excluding hydrogens is 340 g/mol. The predicted octanol–water partition coefficient (Wildman–Crippen LogP) is 2.84. The monoisotopic (exact) mass is 368 g/mol. The van der Waals surface area contributed by atoms with Crippen LogP contribution in [-0.2, 0) is 0 Å². The van der Waals surface area contributed by atoms with Gasteiger partial charge in [0.2, 0.25) is 0 Å². The van der Waals surface area contributed by atoms with Crippen LogP contribution in [0.3, 0.4) is 0 Å². The predicted molar refractivity (Wildman–Crippen MR) is 108 cm³/mol. The van der Waals surface area contributed by atoms with Gasteiger partial charge >= 0.3 is 0 Å². The zero-order chi connectivity index (χ0) is 19.1. The van der Waals surface area contributed by atoms with Gasteiger partial charge in [-0.2, -0.15) is 0 Å². The highest BCUT2D eigenvalue weighted by Crippen LogP contribution is 2.18. The van der Waals surface area contributed by atoms with Crippen molar-refractivity contribution < 1.29 is 14.6 Å². The minimum atomic E-state index is -0.456. The lowest BCUT2D eigenvalue weighted by Crippen LogP contribution is -2.47. The van der Waals surface area contributed by atoms with E-state index in [-0.39, 0.29) is 5.78 Å². The fourth-order valence-electron chi connectivity index (χ4n) is 3.26. The number of Topliss-reactive ketones (excluding diaryl/α,β-unsaturated/α-hetero) is 1. The van der Waals surface area contributed by atoms with Gasteiger partial charge in [-0.3, -0.25) is 9.69 Å². The molecule has 1 saturated heterocycles. The van der Waals surface area contributed by atoms with Crippen molar-refractivity contribution in [2.24, 2.45) is 0 Å². The van der Waals surface area contributed by atoms with Gasteiger partial charge in [0.15, 0.2) is 5.78 Å². The molecule has 0 bridgehead atoms. The minimum absolute atomic E-state index is 0.0983. The first kappa shape index (κ1) is 19.4. The first-order valence-corrected chi connectivity index (χ1v) is 9.56. The zero-order valence-electron chi connectivity index (χ0n) is 15.9. The topological polar surface area (TPSA) is 53.0 Å². The second-order valence-corrected chi connectivity index (χ2v) is 7.00. The molecular formula is C22H28N2O3. The third-order valence-corrected chi connectivity index (χ3v) is 4.98. The maximum Gasteiger partial charge on any atom is 0.159 e. The summed E-state index contributed by atoms with van der Waals surface area (Å²) in [6, 6.07) is 17.4. The number of carbonyl (C=O) groups is 1. The molecule has 1 aliphatic heterocycles. The quantitative estimate of drug-likeness (QED) is 0.726. The van der Waals surface area contributed by atoms with Crippen molar-refractivity contribution in [1.82, 2.24) is 4.90 Å². The van der Waals surface area contributed by atoms with E-state index in [9.17, 15) is 9.90 Å². The van der Waals surface area contributed by atoms with Crippen LogP contribution in [0.4, 0.5) is 5.69 Å². The van der Waals surface area contributed by atoms with Crippen LogP contribution in [0.25, 0.3) is 0 Å². The molecule has 1 aliphatic rings. The Labute approximate surface area is 161 Å². The number of ketones is 1. The number of rotatable bonds is 8. The van der Waals surface area contributed by atoms with Crippen molar-refractivity contribution in [3.63, 3.8) is 0 Å². The highest BCUT2D eigenvalue weighted by molar-refractivity contribution is 5.94. The summed E-state index contributed by atoms with van der Waals surface area (Å²) in [6.45, 7) is 6.64. The van der Waals surface area contributed by atoms with Crippen molar-refractivity contribution in [2.45, 2.75) is 19.4 Å². The van der Waals surface area contributed by atoms with E-state index >= 15 is 0 Å². The number of ether oxygens (including phenoxy) is 1. The van der Waals surface area contributed by atoms with Crippen molar-refractivity contribution in [3.8, 4) is 5.75 Å². The van der Waals surface area contributed by atoms with Crippen molar-refractivity contribution in [1.29, 1.82) is 0 Å². The molecule has 0 amide bonds. The summed E-state index contributed by atoms with van der Waals surface area (Å²) in [4.78, 5) is 16.1. The van der Waals surface area contributed by atoms with Gasteiger partial charge in [0.05, 0.1) is 6.10 Å². The smallest absolute Gasteiger partial charge is 0.159 e. The molecule has 1 fully saturated rings. The van der Waals surface area contributed by atoms with E-state index in [1.165, 1.54) is 0 Å². The fraction of sp³-hybridized carbons (Fsp3) is 0.409. The number of carbonyl (C=O) groups excluding carboxylic acids is 1. The largest absolute Gasteiger partial charge is 0.491 e.